The van der Waals surface area contributed by atoms with Crippen molar-refractivity contribution < 1.29 is 23.8 Å². The Bertz CT molecular complexity index is 536. The van der Waals surface area contributed by atoms with Gasteiger partial charge in [-0.15, -0.1) is 0 Å². The van der Waals surface area contributed by atoms with Gasteiger partial charge in [0.05, 0.1) is 10.9 Å². The first-order chi connectivity index (χ1) is 10.3. The van der Waals surface area contributed by atoms with E-state index in [4.69, 9.17) is 9.84 Å². The van der Waals surface area contributed by atoms with Crippen molar-refractivity contribution in [3.63, 3.8) is 0 Å². The summed E-state index contributed by atoms with van der Waals surface area (Å²) in [5, 5.41) is 8.74. The first kappa shape index (κ1) is 18.4. The van der Waals surface area contributed by atoms with Crippen molar-refractivity contribution in [3.8, 4) is 5.75 Å². The average Bonchev–Trinajstić information content (AvgIpc) is 2.41. The minimum atomic E-state index is -0.955. The van der Waals surface area contributed by atoms with Crippen molar-refractivity contribution in [2.75, 3.05) is 19.7 Å². The molecule has 0 aliphatic heterocycles. The van der Waals surface area contributed by atoms with Gasteiger partial charge in [0.2, 0.25) is 0 Å². The van der Waals surface area contributed by atoms with Crippen LogP contribution in [0.1, 0.15) is 20.3 Å². The molecule has 0 bridgehead atoms. The van der Waals surface area contributed by atoms with Crippen LogP contribution in [0, 0.1) is 11.7 Å². The maximum absolute atomic E-state index is 13.0. The number of halogens is 2. The van der Waals surface area contributed by atoms with E-state index < -0.39 is 11.8 Å². The van der Waals surface area contributed by atoms with Crippen LogP contribution in [0.3, 0.4) is 0 Å². The smallest absolute Gasteiger partial charge is 0.305 e. The molecule has 0 unspecified atom stereocenters. The predicted octanol–water partition coefficient (Wildman–Crippen LogP) is 2.93. The van der Waals surface area contributed by atoms with Crippen molar-refractivity contribution in [2.45, 2.75) is 20.3 Å². The van der Waals surface area contributed by atoms with Crippen LogP contribution < -0.4 is 4.74 Å². The normalized spacial score (nSPS) is 10.6. The summed E-state index contributed by atoms with van der Waals surface area (Å²) in [4.78, 5) is 24.3. The van der Waals surface area contributed by atoms with Crippen molar-refractivity contribution in [2.24, 2.45) is 5.92 Å². The van der Waals surface area contributed by atoms with E-state index in [0.29, 0.717) is 16.8 Å². The third-order valence-electron chi connectivity index (χ3n) is 2.78. The number of nitrogens with zero attached hydrogens (tertiary/aromatic N) is 1. The van der Waals surface area contributed by atoms with Crippen LogP contribution in [-0.2, 0) is 9.59 Å². The highest BCUT2D eigenvalue weighted by atomic mass is 79.9. The van der Waals surface area contributed by atoms with Gasteiger partial charge in [-0.3, -0.25) is 9.59 Å². The van der Waals surface area contributed by atoms with Crippen LogP contribution in [0.2, 0.25) is 0 Å². The first-order valence-corrected chi connectivity index (χ1v) is 7.66. The monoisotopic (exact) mass is 375 g/mol. The summed E-state index contributed by atoms with van der Waals surface area (Å²) >= 11 is 3.16. The first-order valence-electron chi connectivity index (χ1n) is 6.87. The number of hydrogen-bond acceptors (Lipinski definition) is 3. The van der Waals surface area contributed by atoms with Gasteiger partial charge in [0.25, 0.3) is 5.91 Å². The Hall–Kier alpha value is -1.63. The van der Waals surface area contributed by atoms with Crippen LogP contribution in [-0.4, -0.2) is 41.6 Å². The van der Waals surface area contributed by atoms with Gasteiger partial charge in [0.15, 0.2) is 6.61 Å². The maximum atomic E-state index is 13.0. The SMILES string of the molecule is CC(C)CN(CCC(=O)O)C(=O)COc1ccc(F)cc1Br. The largest absolute Gasteiger partial charge is 0.483 e. The molecule has 0 heterocycles. The summed E-state index contributed by atoms with van der Waals surface area (Å²) in [6.07, 6.45) is -0.112. The molecule has 1 aromatic rings. The fourth-order valence-electron chi connectivity index (χ4n) is 1.81. The summed E-state index contributed by atoms with van der Waals surface area (Å²) < 4.78 is 18.8. The van der Waals surface area contributed by atoms with Crippen LogP contribution in [0.5, 0.6) is 5.75 Å². The van der Waals surface area contributed by atoms with Crippen molar-refractivity contribution in [3.05, 3.63) is 28.5 Å². The molecule has 0 fully saturated rings. The van der Waals surface area contributed by atoms with E-state index in [1.165, 1.54) is 23.1 Å². The third kappa shape index (κ3) is 6.43. The second-order valence-corrected chi connectivity index (χ2v) is 6.10. The summed E-state index contributed by atoms with van der Waals surface area (Å²) in [6.45, 7) is 4.26. The predicted molar refractivity (Wildman–Crippen MR) is 83.3 cm³/mol. The van der Waals surface area contributed by atoms with E-state index in [-0.39, 0.29) is 31.4 Å². The second kappa shape index (κ2) is 8.73. The number of carbonyl (C=O) groups excluding carboxylic acids is 1. The Morgan fingerprint density at radius 1 is 1.41 bits per heavy atom. The number of ether oxygens (including phenoxy) is 1. The minimum absolute atomic E-state index is 0.112. The van der Waals surface area contributed by atoms with Gasteiger partial charge >= 0.3 is 5.97 Å². The molecule has 22 heavy (non-hydrogen) atoms. The van der Waals surface area contributed by atoms with Crippen molar-refractivity contribution in [1.82, 2.24) is 4.90 Å². The Morgan fingerprint density at radius 2 is 2.09 bits per heavy atom. The molecule has 0 spiro atoms. The molecular formula is C15H19BrFNO4. The molecule has 0 radical (unpaired) electrons. The van der Waals surface area contributed by atoms with Gasteiger partial charge in [-0.25, -0.2) is 4.39 Å². The number of amides is 1. The second-order valence-electron chi connectivity index (χ2n) is 5.24. The topological polar surface area (TPSA) is 66.8 Å². The van der Waals surface area contributed by atoms with Crippen LogP contribution in [0.15, 0.2) is 22.7 Å². The molecule has 0 saturated heterocycles. The summed E-state index contributed by atoms with van der Waals surface area (Å²) in [5.41, 5.74) is 0. The quantitative estimate of drug-likeness (QED) is 0.758. The van der Waals surface area contributed by atoms with E-state index in [0.717, 1.165) is 0 Å². The number of carboxylic acid groups (broad SMARTS) is 1. The maximum Gasteiger partial charge on any atom is 0.305 e. The van der Waals surface area contributed by atoms with Gasteiger partial charge in [0, 0.05) is 13.1 Å². The molecule has 0 aromatic heterocycles. The molecule has 5 nitrogen and oxygen atoms in total. The van der Waals surface area contributed by atoms with Crippen molar-refractivity contribution >= 4 is 27.8 Å². The molecular weight excluding hydrogens is 357 g/mol. The number of hydrogen-bond donors (Lipinski definition) is 1. The lowest BCUT2D eigenvalue weighted by Gasteiger charge is -2.24. The lowest BCUT2D eigenvalue weighted by atomic mass is 10.2. The molecule has 0 atom stereocenters. The molecule has 1 aromatic carbocycles. The molecule has 0 aliphatic rings. The van der Waals surface area contributed by atoms with E-state index in [1.54, 1.807) is 0 Å². The average molecular weight is 376 g/mol. The van der Waals surface area contributed by atoms with Gasteiger partial charge in [-0.05, 0) is 40.0 Å². The lowest BCUT2D eigenvalue weighted by molar-refractivity contribution is -0.139. The zero-order valence-corrected chi connectivity index (χ0v) is 14.1. The molecule has 1 rings (SSSR count). The number of carboxylic acids is 1. The Kier molecular flexibility index (Phi) is 7.31. The molecule has 122 valence electrons. The Balaban J connectivity index is 2.63. The molecule has 1 N–H and O–H groups in total. The Morgan fingerprint density at radius 3 is 2.64 bits per heavy atom. The summed E-state index contributed by atoms with van der Waals surface area (Å²) in [6, 6.07) is 3.91. The van der Waals surface area contributed by atoms with Crippen LogP contribution in [0.25, 0.3) is 0 Å². The number of benzene rings is 1. The highest BCUT2D eigenvalue weighted by molar-refractivity contribution is 9.10. The molecule has 1 amide bonds. The lowest BCUT2D eigenvalue weighted by Crippen LogP contribution is -2.39. The highest BCUT2D eigenvalue weighted by Crippen LogP contribution is 2.25. The standard InChI is InChI=1S/C15H19BrFNO4/c1-10(2)8-18(6-5-15(20)21)14(19)9-22-13-4-3-11(17)7-12(13)16/h3-4,7,10H,5-6,8-9H2,1-2H3,(H,20,21). The minimum Gasteiger partial charge on any atom is -0.483 e. The van der Waals surface area contributed by atoms with E-state index >= 15 is 0 Å². The number of carbonyl (C=O) groups is 2. The van der Waals surface area contributed by atoms with E-state index in [9.17, 15) is 14.0 Å². The number of aliphatic carboxylic acids is 1. The summed E-state index contributed by atoms with van der Waals surface area (Å²) in [5.74, 6) is -1.09. The van der Waals surface area contributed by atoms with Crippen LogP contribution >= 0.6 is 15.9 Å². The van der Waals surface area contributed by atoms with Crippen LogP contribution in [0.4, 0.5) is 4.39 Å². The zero-order valence-electron chi connectivity index (χ0n) is 12.5. The van der Waals surface area contributed by atoms with E-state index in [1.807, 2.05) is 13.8 Å². The fraction of sp³-hybridized carbons (Fsp3) is 0.467. The zero-order chi connectivity index (χ0) is 16.7. The molecule has 7 heteroatoms. The van der Waals surface area contributed by atoms with Gasteiger partial charge in [0.1, 0.15) is 11.6 Å². The number of rotatable bonds is 8. The van der Waals surface area contributed by atoms with Gasteiger partial charge < -0.3 is 14.7 Å². The third-order valence-corrected chi connectivity index (χ3v) is 3.40. The van der Waals surface area contributed by atoms with E-state index in [2.05, 4.69) is 15.9 Å². The van der Waals surface area contributed by atoms with Gasteiger partial charge in [-0.1, -0.05) is 13.8 Å². The highest BCUT2D eigenvalue weighted by Gasteiger charge is 2.17. The molecule has 0 aliphatic carbocycles. The molecule has 0 saturated carbocycles. The van der Waals surface area contributed by atoms with Crippen molar-refractivity contribution in [1.29, 1.82) is 0 Å². The van der Waals surface area contributed by atoms with Gasteiger partial charge in [-0.2, -0.15) is 0 Å². The Labute approximate surface area is 137 Å². The summed E-state index contributed by atoms with van der Waals surface area (Å²) in [7, 11) is 0. The fourth-order valence-corrected chi connectivity index (χ4v) is 2.28.